The second kappa shape index (κ2) is 43.9. The summed E-state index contributed by atoms with van der Waals surface area (Å²) >= 11 is 0. The number of rotatable bonds is 45. The van der Waals surface area contributed by atoms with E-state index in [1.807, 2.05) is 21.1 Å². The van der Waals surface area contributed by atoms with E-state index in [-0.39, 0.29) is 26.1 Å². The third-order valence-corrected chi connectivity index (χ3v) is 11.5. The van der Waals surface area contributed by atoms with Crippen LogP contribution < -0.4 is 4.89 Å². The van der Waals surface area contributed by atoms with E-state index in [9.17, 15) is 19.0 Å². The van der Waals surface area contributed by atoms with Crippen molar-refractivity contribution in [3.8, 4) is 0 Å². The summed E-state index contributed by atoms with van der Waals surface area (Å²) < 4.78 is 34.0. The zero-order valence-corrected chi connectivity index (χ0v) is 41.4. The minimum Gasteiger partial charge on any atom is -0.756 e. The predicted molar refractivity (Wildman–Crippen MR) is 259 cm³/mol. The van der Waals surface area contributed by atoms with E-state index in [1.165, 1.54) is 103 Å². The highest BCUT2D eigenvalue weighted by atomic mass is 31.2. The van der Waals surface area contributed by atoms with Gasteiger partial charge in [0, 0.05) is 12.8 Å². The molecule has 9 nitrogen and oxygen atoms in total. The van der Waals surface area contributed by atoms with E-state index >= 15 is 0 Å². The zero-order valence-electron chi connectivity index (χ0n) is 40.6. The zero-order chi connectivity index (χ0) is 45.7. The Morgan fingerprint density at radius 2 is 0.871 bits per heavy atom. The molecule has 0 amide bonds. The molecule has 0 aromatic rings. The maximum atomic E-state index is 12.7. The molecule has 0 bridgehead atoms. The molecule has 0 saturated carbocycles. The predicted octanol–water partition coefficient (Wildman–Crippen LogP) is 14.2. The van der Waals surface area contributed by atoms with Crippen LogP contribution in [0.4, 0.5) is 0 Å². The first-order valence-electron chi connectivity index (χ1n) is 25.0. The second-order valence-corrected chi connectivity index (χ2v) is 19.2. The third kappa shape index (κ3) is 47.2. The van der Waals surface area contributed by atoms with Gasteiger partial charge in [-0.15, -0.1) is 0 Å². The first-order chi connectivity index (χ1) is 30.0. The number of ether oxygens (including phenoxy) is 2. The molecule has 62 heavy (non-hydrogen) atoms. The molecule has 10 heteroatoms. The van der Waals surface area contributed by atoms with Crippen molar-refractivity contribution in [2.24, 2.45) is 0 Å². The Morgan fingerprint density at radius 3 is 1.35 bits per heavy atom. The number of likely N-dealkylation sites (N-methyl/N-ethyl adjacent to an activating group) is 1. The molecule has 0 fully saturated rings. The standard InChI is InChI=1S/C52H94NO8P/c1-6-8-10-12-14-16-18-20-22-24-26-28-30-32-34-36-38-40-42-44-51(54)58-48-50(49-60-62(56,57)59-47-46-53(3,4)5)61-52(55)45-43-41-39-37-35-33-31-29-27-25-23-21-19-17-15-13-11-9-7-2/h15,17,21,23-24,26-27,29,33,35,50H,6-14,16,18-20,22,25,28,30-32,34,36-49H2,1-5H3/b17-15-,23-21-,26-24-,29-27-,35-33-/t50-/m1/s1. The number of quaternary nitrogens is 1. The summed E-state index contributed by atoms with van der Waals surface area (Å²) in [4.78, 5) is 37.7. The van der Waals surface area contributed by atoms with Crippen LogP contribution in [0.5, 0.6) is 0 Å². The van der Waals surface area contributed by atoms with Crippen LogP contribution in [0.3, 0.4) is 0 Å². The number of carbonyl (C=O) groups is 2. The molecule has 0 spiro atoms. The van der Waals surface area contributed by atoms with Crippen LogP contribution in [0.15, 0.2) is 60.8 Å². The molecule has 0 aliphatic rings. The third-order valence-electron chi connectivity index (χ3n) is 10.5. The van der Waals surface area contributed by atoms with E-state index in [1.54, 1.807) is 0 Å². The molecular weight excluding hydrogens is 798 g/mol. The normalized spacial score (nSPS) is 14.0. The monoisotopic (exact) mass is 892 g/mol. The largest absolute Gasteiger partial charge is 0.756 e. The molecule has 360 valence electrons. The molecule has 0 radical (unpaired) electrons. The van der Waals surface area contributed by atoms with E-state index in [4.69, 9.17) is 18.5 Å². The SMILES string of the molecule is CCCCC/C=C\C/C=C\C/C=C\C/C=C\CCCCCC(=O)O[C@H](COC(=O)CCCCCCCCC/C=C\CCCCCCCCCC)COP(=O)([O-])OCC[N+](C)(C)C. The number of unbranched alkanes of at least 4 members (excludes halogenated alkanes) is 21. The second-order valence-electron chi connectivity index (χ2n) is 17.8. The number of allylic oxidation sites excluding steroid dienone is 10. The van der Waals surface area contributed by atoms with Crippen molar-refractivity contribution in [3.63, 3.8) is 0 Å². The number of carbonyl (C=O) groups excluding carboxylic acids is 2. The van der Waals surface area contributed by atoms with Crippen molar-refractivity contribution in [1.29, 1.82) is 0 Å². The van der Waals surface area contributed by atoms with Crippen LogP contribution in [-0.4, -0.2) is 70.0 Å². The Hall–Kier alpha value is -2.29. The van der Waals surface area contributed by atoms with Gasteiger partial charge in [-0.1, -0.05) is 171 Å². The van der Waals surface area contributed by atoms with Gasteiger partial charge >= 0.3 is 11.9 Å². The van der Waals surface area contributed by atoms with E-state index in [0.29, 0.717) is 17.4 Å². The smallest absolute Gasteiger partial charge is 0.306 e. The van der Waals surface area contributed by atoms with Crippen molar-refractivity contribution >= 4 is 19.8 Å². The Morgan fingerprint density at radius 1 is 0.500 bits per heavy atom. The summed E-state index contributed by atoms with van der Waals surface area (Å²) in [6.45, 7) is 4.16. The fourth-order valence-electron chi connectivity index (χ4n) is 6.57. The van der Waals surface area contributed by atoms with Crippen molar-refractivity contribution in [1.82, 2.24) is 0 Å². The fourth-order valence-corrected chi connectivity index (χ4v) is 7.30. The van der Waals surface area contributed by atoms with Gasteiger partial charge in [-0.2, -0.15) is 0 Å². The van der Waals surface area contributed by atoms with Crippen LogP contribution in [0, 0.1) is 0 Å². The van der Waals surface area contributed by atoms with Gasteiger partial charge in [0.15, 0.2) is 6.10 Å². The molecule has 0 heterocycles. The summed E-state index contributed by atoms with van der Waals surface area (Å²) in [6, 6.07) is 0. The Balaban J connectivity index is 4.35. The molecule has 0 aliphatic heterocycles. The van der Waals surface area contributed by atoms with Gasteiger partial charge < -0.3 is 27.9 Å². The highest BCUT2D eigenvalue weighted by molar-refractivity contribution is 7.45. The van der Waals surface area contributed by atoms with Crippen LogP contribution in [-0.2, 0) is 32.7 Å². The molecule has 0 aromatic heterocycles. The quantitative estimate of drug-likeness (QED) is 0.0195. The van der Waals surface area contributed by atoms with Crippen molar-refractivity contribution in [3.05, 3.63) is 60.8 Å². The van der Waals surface area contributed by atoms with Crippen LogP contribution >= 0.6 is 7.82 Å². The average molecular weight is 892 g/mol. The average Bonchev–Trinajstić information content (AvgIpc) is 3.23. The molecule has 0 N–H and O–H groups in total. The first kappa shape index (κ1) is 59.7. The number of phosphoric acid groups is 1. The van der Waals surface area contributed by atoms with E-state index < -0.39 is 32.5 Å². The first-order valence-corrected chi connectivity index (χ1v) is 26.5. The minimum absolute atomic E-state index is 0.0401. The number of phosphoric ester groups is 1. The highest BCUT2D eigenvalue weighted by Gasteiger charge is 2.21. The Kier molecular flexibility index (Phi) is 42.3. The molecule has 2 atom stereocenters. The van der Waals surface area contributed by atoms with Crippen molar-refractivity contribution < 1.29 is 42.1 Å². The Labute approximate surface area is 381 Å². The molecule has 0 saturated heterocycles. The molecule has 0 aliphatic carbocycles. The summed E-state index contributed by atoms with van der Waals surface area (Å²) in [5.41, 5.74) is 0. The molecule has 0 aromatic carbocycles. The lowest BCUT2D eigenvalue weighted by Gasteiger charge is -2.28. The number of nitrogens with zero attached hydrogens (tertiary/aromatic N) is 1. The van der Waals surface area contributed by atoms with Crippen LogP contribution in [0.2, 0.25) is 0 Å². The van der Waals surface area contributed by atoms with Crippen LogP contribution in [0.25, 0.3) is 0 Å². The number of hydrogen-bond donors (Lipinski definition) is 0. The van der Waals surface area contributed by atoms with Gasteiger partial charge in [0.25, 0.3) is 7.82 Å². The summed E-state index contributed by atoms with van der Waals surface area (Å²) in [6.07, 6.45) is 53.9. The molecule has 0 rings (SSSR count). The number of esters is 2. The van der Waals surface area contributed by atoms with Gasteiger partial charge in [-0.25, -0.2) is 0 Å². The lowest BCUT2D eigenvalue weighted by atomic mass is 10.1. The van der Waals surface area contributed by atoms with Gasteiger partial charge in [0.2, 0.25) is 0 Å². The van der Waals surface area contributed by atoms with Crippen molar-refractivity contribution in [2.75, 3.05) is 47.5 Å². The summed E-state index contributed by atoms with van der Waals surface area (Å²) in [7, 11) is 1.14. The van der Waals surface area contributed by atoms with E-state index in [0.717, 1.165) is 70.6 Å². The minimum atomic E-state index is -4.64. The van der Waals surface area contributed by atoms with Gasteiger partial charge in [-0.05, 0) is 83.5 Å². The summed E-state index contributed by atoms with van der Waals surface area (Å²) in [5, 5.41) is 0. The fraction of sp³-hybridized carbons (Fsp3) is 0.769. The van der Waals surface area contributed by atoms with Crippen LogP contribution in [0.1, 0.15) is 206 Å². The molecule has 1 unspecified atom stereocenters. The van der Waals surface area contributed by atoms with Gasteiger partial charge in [-0.3, -0.25) is 14.2 Å². The van der Waals surface area contributed by atoms with Crippen molar-refractivity contribution in [2.45, 2.75) is 213 Å². The highest BCUT2D eigenvalue weighted by Crippen LogP contribution is 2.38. The number of hydrogen-bond acceptors (Lipinski definition) is 8. The summed E-state index contributed by atoms with van der Waals surface area (Å²) in [5.74, 6) is -0.875. The molecular formula is C52H94NO8P. The lowest BCUT2D eigenvalue weighted by molar-refractivity contribution is -0.870. The van der Waals surface area contributed by atoms with Gasteiger partial charge in [0.05, 0.1) is 27.7 Å². The lowest BCUT2D eigenvalue weighted by Crippen LogP contribution is -2.37. The Bertz CT molecular complexity index is 1240. The topological polar surface area (TPSA) is 111 Å². The maximum absolute atomic E-state index is 12.7. The maximum Gasteiger partial charge on any atom is 0.306 e. The van der Waals surface area contributed by atoms with E-state index in [2.05, 4.69) is 74.6 Å². The van der Waals surface area contributed by atoms with Gasteiger partial charge in [0.1, 0.15) is 19.8 Å².